The molecule has 15 heteroatoms. The van der Waals surface area contributed by atoms with Crippen molar-refractivity contribution in [2.24, 2.45) is 0 Å². The molecule has 0 atom stereocenters. The van der Waals surface area contributed by atoms with E-state index in [1.54, 1.807) is 0 Å². The minimum atomic E-state index is -4.22. The average Bonchev–Trinajstić information content (AvgIpc) is 2.37. The van der Waals surface area contributed by atoms with Crippen LogP contribution in [0.25, 0.3) is 0 Å². The number of sulfone groups is 1. The van der Waals surface area contributed by atoms with Gasteiger partial charge in [0.25, 0.3) is 30.4 Å². The van der Waals surface area contributed by atoms with Crippen LogP contribution in [-0.4, -0.2) is 68.9 Å². The Hall–Kier alpha value is -0.320. The third-order valence-electron chi connectivity index (χ3n) is 2.23. The molecule has 0 heterocycles. The lowest BCUT2D eigenvalue weighted by molar-refractivity contribution is 0.134. The van der Waals surface area contributed by atoms with Gasteiger partial charge >= 0.3 is 0 Å². The minimum Gasteiger partial charge on any atom is -0.263 e. The third kappa shape index (κ3) is 14.8. The van der Waals surface area contributed by atoms with E-state index < -0.39 is 69.2 Å². The highest BCUT2D eigenvalue weighted by Gasteiger charge is 2.25. The maximum Gasteiger partial charge on any atom is 0.293 e. The summed E-state index contributed by atoms with van der Waals surface area (Å²) in [6.45, 7) is 4.39. The Kier molecular flexibility index (Phi) is 9.14. The van der Waals surface area contributed by atoms with Crippen LogP contribution < -0.4 is 0 Å². The standard InChI is InChI=1S/C11H24O11S4/c1-11(2,3)22-26(18,19)10-21-25(16,17)8-6-5-7-24(14,15)20-9-23(4,12)13/h5-10H2,1-4H3. The number of unbranched alkanes of at least 4 members (excludes halogenated alkanes) is 1. The topological polar surface area (TPSA) is 164 Å². The molecule has 11 nitrogen and oxygen atoms in total. The smallest absolute Gasteiger partial charge is 0.263 e. The SMILES string of the molecule is CC(C)(C)OS(=O)(=O)COS(=O)(=O)CCCCS(=O)(=O)OCS(C)(=O)=O. The lowest BCUT2D eigenvalue weighted by atomic mass is 10.2. The van der Waals surface area contributed by atoms with Gasteiger partial charge in [-0.1, -0.05) is 0 Å². The van der Waals surface area contributed by atoms with Crippen molar-refractivity contribution < 1.29 is 46.2 Å². The van der Waals surface area contributed by atoms with Gasteiger partial charge in [-0.3, -0.25) is 12.5 Å². The normalized spacial score (nSPS) is 14.5. The first-order valence-electron chi connectivity index (χ1n) is 7.18. The second-order valence-electron chi connectivity index (χ2n) is 6.38. The Bertz CT molecular complexity index is 859. The van der Waals surface area contributed by atoms with Crippen LogP contribution in [0.4, 0.5) is 0 Å². The lowest BCUT2D eigenvalue weighted by Gasteiger charge is -2.18. The lowest BCUT2D eigenvalue weighted by Crippen LogP contribution is -2.28. The number of hydrogen-bond donors (Lipinski definition) is 0. The second-order valence-corrected chi connectivity index (χ2v) is 13.5. The van der Waals surface area contributed by atoms with E-state index in [0.717, 1.165) is 6.26 Å². The van der Waals surface area contributed by atoms with Crippen LogP contribution in [-0.2, 0) is 52.7 Å². The van der Waals surface area contributed by atoms with Gasteiger partial charge in [0.2, 0.25) is 0 Å². The van der Waals surface area contributed by atoms with E-state index in [9.17, 15) is 33.7 Å². The predicted octanol–water partition coefficient (Wildman–Crippen LogP) is -0.436. The van der Waals surface area contributed by atoms with Crippen molar-refractivity contribution in [2.75, 3.05) is 29.6 Å². The molecule has 0 unspecified atom stereocenters. The predicted molar refractivity (Wildman–Crippen MR) is 93.3 cm³/mol. The molecule has 0 rings (SSSR count). The van der Waals surface area contributed by atoms with E-state index in [2.05, 4.69) is 12.5 Å². The van der Waals surface area contributed by atoms with Crippen LogP contribution >= 0.6 is 0 Å². The molecule has 0 spiro atoms. The van der Waals surface area contributed by atoms with Gasteiger partial charge in [0.15, 0.2) is 21.7 Å². The zero-order valence-corrected chi connectivity index (χ0v) is 18.1. The summed E-state index contributed by atoms with van der Waals surface area (Å²) >= 11 is 0. The zero-order valence-electron chi connectivity index (χ0n) is 14.9. The van der Waals surface area contributed by atoms with Gasteiger partial charge in [-0.05, 0) is 33.6 Å². The number of rotatable bonds is 12. The first kappa shape index (κ1) is 25.7. The van der Waals surface area contributed by atoms with Crippen molar-refractivity contribution in [2.45, 2.75) is 39.2 Å². The molecule has 0 fully saturated rings. The fourth-order valence-corrected chi connectivity index (χ4v) is 5.88. The summed E-state index contributed by atoms with van der Waals surface area (Å²) in [4.78, 5) is 0. The van der Waals surface area contributed by atoms with Gasteiger partial charge in [0, 0.05) is 6.26 Å². The summed E-state index contributed by atoms with van der Waals surface area (Å²) in [6, 6.07) is 0. The highest BCUT2D eigenvalue weighted by Crippen LogP contribution is 2.13. The van der Waals surface area contributed by atoms with E-state index in [4.69, 9.17) is 0 Å². The fourth-order valence-electron chi connectivity index (χ4n) is 1.37. The molecular weight excluding hydrogens is 436 g/mol. The van der Waals surface area contributed by atoms with E-state index in [0.29, 0.717) is 0 Å². The Morgan fingerprint density at radius 2 is 1.04 bits per heavy atom. The minimum absolute atomic E-state index is 0.153. The Labute approximate surface area is 155 Å². The van der Waals surface area contributed by atoms with Crippen molar-refractivity contribution >= 4 is 40.2 Å². The van der Waals surface area contributed by atoms with Crippen LogP contribution in [0.15, 0.2) is 0 Å². The highest BCUT2D eigenvalue weighted by molar-refractivity contribution is 7.92. The molecule has 0 N–H and O–H groups in total. The summed E-state index contributed by atoms with van der Waals surface area (Å²) in [5, 5.41) is 0. The van der Waals surface area contributed by atoms with E-state index in [1.807, 2.05) is 0 Å². The van der Waals surface area contributed by atoms with Crippen molar-refractivity contribution in [1.82, 2.24) is 0 Å². The van der Waals surface area contributed by atoms with Gasteiger partial charge in [-0.2, -0.15) is 25.3 Å². The molecule has 0 aromatic heterocycles. The van der Waals surface area contributed by atoms with Crippen LogP contribution in [0.3, 0.4) is 0 Å². The molecule has 0 radical (unpaired) electrons. The van der Waals surface area contributed by atoms with Gasteiger partial charge in [0.1, 0.15) is 0 Å². The summed E-state index contributed by atoms with van der Waals surface area (Å²) < 4.78 is 104. The van der Waals surface area contributed by atoms with Crippen molar-refractivity contribution in [3.05, 3.63) is 0 Å². The molecule has 0 bridgehead atoms. The van der Waals surface area contributed by atoms with Crippen molar-refractivity contribution in [3.63, 3.8) is 0 Å². The van der Waals surface area contributed by atoms with Crippen molar-refractivity contribution in [1.29, 1.82) is 0 Å². The van der Waals surface area contributed by atoms with Gasteiger partial charge in [-0.15, -0.1) is 0 Å². The van der Waals surface area contributed by atoms with Gasteiger partial charge < -0.3 is 0 Å². The molecular formula is C11H24O11S4. The zero-order chi connectivity index (χ0) is 20.9. The molecule has 0 aliphatic rings. The maximum absolute atomic E-state index is 11.6. The second kappa shape index (κ2) is 9.25. The summed E-state index contributed by atoms with van der Waals surface area (Å²) in [5.41, 5.74) is -1.05. The Morgan fingerprint density at radius 3 is 1.38 bits per heavy atom. The molecule has 0 saturated heterocycles. The molecule has 0 saturated carbocycles. The number of hydrogen-bond acceptors (Lipinski definition) is 11. The summed E-state index contributed by atoms with van der Waals surface area (Å²) in [7, 11) is -16.2. The van der Waals surface area contributed by atoms with Crippen LogP contribution in [0.5, 0.6) is 0 Å². The average molecular weight is 461 g/mol. The molecule has 158 valence electrons. The van der Waals surface area contributed by atoms with Crippen LogP contribution in [0, 0.1) is 0 Å². The van der Waals surface area contributed by atoms with E-state index in [1.165, 1.54) is 20.8 Å². The van der Waals surface area contributed by atoms with Crippen LogP contribution in [0.2, 0.25) is 0 Å². The molecule has 0 aliphatic carbocycles. The Morgan fingerprint density at radius 1 is 0.654 bits per heavy atom. The quantitative estimate of drug-likeness (QED) is 0.274. The summed E-state index contributed by atoms with van der Waals surface area (Å²) in [6.07, 6.45) is 0.480. The van der Waals surface area contributed by atoms with E-state index in [-0.39, 0.29) is 12.8 Å². The highest BCUT2D eigenvalue weighted by atomic mass is 32.2. The first-order valence-corrected chi connectivity index (χ1v) is 14.0. The molecule has 26 heavy (non-hydrogen) atoms. The Balaban J connectivity index is 4.38. The third-order valence-corrected chi connectivity index (χ3v) is 6.77. The van der Waals surface area contributed by atoms with E-state index >= 15 is 0 Å². The first-order chi connectivity index (χ1) is 11.3. The van der Waals surface area contributed by atoms with Gasteiger partial charge in [-0.25, -0.2) is 8.42 Å². The van der Waals surface area contributed by atoms with Gasteiger partial charge in [0.05, 0.1) is 17.1 Å². The molecule has 0 aromatic carbocycles. The molecule has 0 amide bonds. The fraction of sp³-hybridized carbons (Fsp3) is 1.00. The molecule has 0 aromatic rings. The summed E-state index contributed by atoms with van der Waals surface area (Å²) in [5.74, 6) is -3.41. The monoisotopic (exact) mass is 460 g/mol. The van der Waals surface area contributed by atoms with Crippen molar-refractivity contribution in [3.8, 4) is 0 Å². The molecule has 0 aliphatic heterocycles. The van der Waals surface area contributed by atoms with Crippen LogP contribution in [0.1, 0.15) is 33.6 Å². The largest absolute Gasteiger partial charge is 0.293 e. The maximum atomic E-state index is 11.6.